The Morgan fingerprint density at radius 2 is 1.90 bits per heavy atom. The molecule has 1 aliphatic heterocycles. The first kappa shape index (κ1) is 13.5. The van der Waals surface area contributed by atoms with Crippen molar-refractivity contribution in [1.82, 2.24) is 15.3 Å². The maximum atomic E-state index is 12.0. The van der Waals surface area contributed by atoms with E-state index in [0.29, 0.717) is 5.69 Å². The van der Waals surface area contributed by atoms with E-state index in [9.17, 15) is 4.79 Å². The molecule has 108 valence electrons. The Hall–Kier alpha value is -2.47. The predicted octanol–water partition coefficient (Wildman–Crippen LogP) is 1.14. The lowest BCUT2D eigenvalue weighted by Gasteiger charge is -2.29. The van der Waals surface area contributed by atoms with Gasteiger partial charge in [-0.2, -0.15) is 0 Å². The summed E-state index contributed by atoms with van der Waals surface area (Å²) in [5.74, 6) is -0.252. The quantitative estimate of drug-likeness (QED) is 0.884. The molecule has 2 heterocycles. The number of rotatable bonds is 3. The van der Waals surface area contributed by atoms with E-state index in [4.69, 9.17) is 0 Å². The van der Waals surface area contributed by atoms with Gasteiger partial charge in [0.2, 0.25) is 0 Å². The molecule has 1 amide bonds. The monoisotopic (exact) mass is 283 g/mol. The molecule has 21 heavy (non-hydrogen) atoms. The molecular weight excluding hydrogens is 266 g/mol. The molecule has 1 aromatic heterocycles. The van der Waals surface area contributed by atoms with E-state index < -0.39 is 0 Å². The highest BCUT2D eigenvalue weighted by Gasteiger charge is 2.11. The minimum Gasteiger partial charge on any atom is -0.369 e. The van der Waals surface area contributed by atoms with Crippen molar-refractivity contribution in [3.8, 4) is 0 Å². The summed E-state index contributed by atoms with van der Waals surface area (Å²) in [4.78, 5) is 22.2. The van der Waals surface area contributed by atoms with Gasteiger partial charge in [0.25, 0.3) is 5.91 Å². The smallest absolute Gasteiger partial charge is 0.275 e. The van der Waals surface area contributed by atoms with Crippen molar-refractivity contribution in [1.29, 1.82) is 0 Å². The molecule has 0 aliphatic carbocycles. The van der Waals surface area contributed by atoms with E-state index in [1.807, 2.05) is 24.3 Å². The van der Waals surface area contributed by atoms with Crippen molar-refractivity contribution < 1.29 is 4.79 Å². The largest absolute Gasteiger partial charge is 0.369 e. The van der Waals surface area contributed by atoms with Crippen molar-refractivity contribution >= 4 is 17.3 Å². The number of carbonyl (C=O) groups excluding carboxylic acids is 1. The molecule has 6 nitrogen and oxygen atoms in total. The highest BCUT2D eigenvalue weighted by Crippen LogP contribution is 2.18. The molecule has 2 aromatic rings. The number of nitrogens with zero attached hydrogens (tertiary/aromatic N) is 3. The number of piperazine rings is 1. The van der Waals surface area contributed by atoms with Crippen molar-refractivity contribution in [2.75, 3.05) is 36.4 Å². The summed E-state index contributed by atoms with van der Waals surface area (Å²) in [5, 5.41) is 6.14. The molecule has 1 saturated heterocycles. The van der Waals surface area contributed by atoms with E-state index in [2.05, 4.69) is 25.5 Å². The lowest BCUT2D eigenvalue weighted by atomic mass is 10.2. The minimum absolute atomic E-state index is 0.252. The zero-order valence-corrected chi connectivity index (χ0v) is 11.6. The van der Waals surface area contributed by atoms with Crippen LogP contribution >= 0.6 is 0 Å². The van der Waals surface area contributed by atoms with Gasteiger partial charge in [0.1, 0.15) is 5.69 Å². The highest BCUT2D eigenvalue weighted by molar-refractivity contribution is 6.02. The Balaban J connectivity index is 1.65. The van der Waals surface area contributed by atoms with E-state index >= 15 is 0 Å². The van der Waals surface area contributed by atoms with Gasteiger partial charge in [0, 0.05) is 49.9 Å². The highest BCUT2D eigenvalue weighted by atomic mass is 16.1. The van der Waals surface area contributed by atoms with E-state index in [1.54, 1.807) is 6.20 Å². The van der Waals surface area contributed by atoms with Crippen LogP contribution in [-0.4, -0.2) is 42.1 Å². The summed E-state index contributed by atoms with van der Waals surface area (Å²) in [5.41, 5.74) is 2.24. The van der Waals surface area contributed by atoms with Crippen LogP contribution in [0.3, 0.4) is 0 Å². The first-order chi connectivity index (χ1) is 10.3. The Labute approximate surface area is 123 Å². The number of hydrogen-bond acceptors (Lipinski definition) is 5. The molecule has 1 aliphatic rings. The lowest BCUT2D eigenvalue weighted by molar-refractivity contribution is 0.102. The van der Waals surface area contributed by atoms with Crippen LogP contribution in [0.1, 0.15) is 10.5 Å². The van der Waals surface area contributed by atoms with Crippen LogP contribution in [0.2, 0.25) is 0 Å². The van der Waals surface area contributed by atoms with Gasteiger partial charge >= 0.3 is 0 Å². The second-order valence-corrected chi connectivity index (χ2v) is 4.83. The standard InChI is InChI=1S/C15H17N5O/c21-15(14-11-17-5-6-18-14)19-12-1-3-13(4-2-12)20-9-7-16-8-10-20/h1-6,11,16H,7-10H2,(H,19,21). The average molecular weight is 283 g/mol. The van der Waals surface area contributed by atoms with E-state index in [1.165, 1.54) is 18.1 Å². The zero-order chi connectivity index (χ0) is 14.5. The Kier molecular flexibility index (Phi) is 4.07. The van der Waals surface area contributed by atoms with Gasteiger partial charge < -0.3 is 15.5 Å². The molecule has 0 radical (unpaired) electrons. The normalized spacial score (nSPS) is 14.8. The molecule has 2 N–H and O–H groups in total. The number of aromatic nitrogens is 2. The Bertz CT molecular complexity index is 593. The third kappa shape index (κ3) is 3.35. The molecule has 1 fully saturated rings. The first-order valence-electron chi connectivity index (χ1n) is 6.96. The predicted molar refractivity (Wildman–Crippen MR) is 81.5 cm³/mol. The van der Waals surface area contributed by atoms with Crippen molar-refractivity contribution in [2.24, 2.45) is 0 Å². The molecular formula is C15H17N5O. The van der Waals surface area contributed by atoms with Crippen LogP contribution in [0.5, 0.6) is 0 Å². The maximum Gasteiger partial charge on any atom is 0.275 e. The van der Waals surface area contributed by atoms with Crippen molar-refractivity contribution in [2.45, 2.75) is 0 Å². The maximum absolute atomic E-state index is 12.0. The SMILES string of the molecule is O=C(Nc1ccc(N2CCNCC2)cc1)c1cnccn1. The summed E-state index contributed by atoms with van der Waals surface area (Å²) >= 11 is 0. The number of hydrogen-bond donors (Lipinski definition) is 2. The fourth-order valence-corrected chi connectivity index (χ4v) is 2.29. The second-order valence-electron chi connectivity index (χ2n) is 4.83. The fraction of sp³-hybridized carbons (Fsp3) is 0.267. The lowest BCUT2D eigenvalue weighted by Crippen LogP contribution is -2.43. The third-order valence-electron chi connectivity index (χ3n) is 3.40. The summed E-state index contributed by atoms with van der Waals surface area (Å²) in [6, 6.07) is 7.87. The molecule has 6 heteroatoms. The van der Waals surface area contributed by atoms with Gasteiger partial charge in [-0.3, -0.25) is 9.78 Å². The van der Waals surface area contributed by atoms with Crippen LogP contribution in [0, 0.1) is 0 Å². The molecule has 0 spiro atoms. The zero-order valence-electron chi connectivity index (χ0n) is 11.6. The number of anilines is 2. The molecule has 0 bridgehead atoms. The average Bonchev–Trinajstić information content (AvgIpc) is 2.57. The van der Waals surface area contributed by atoms with Gasteiger partial charge in [-0.05, 0) is 24.3 Å². The number of benzene rings is 1. The fourth-order valence-electron chi connectivity index (χ4n) is 2.29. The summed E-state index contributed by atoms with van der Waals surface area (Å²) < 4.78 is 0. The number of nitrogens with one attached hydrogen (secondary N) is 2. The van der Waals surface area contributed by atoms with Crippen LogP contribution in [0.4, 0.5) is 11.4 Å². The van der Waals surface area contributed by atoms with E-state index in [0.717, 1.165) is 31.9 Å². The molecule has 0 unspecified atom stereocenters. The molecule has 0 atom stereocenters. The molecule has 3 rings (SSSR count). The van der Waals surface area contributed by atoms with Crippen LogP contribution in [-0.2, 0) is 0 Å². The molecule has 0 saturated carbocycles. The second kappa shape index (κ2) is 6.32. The topological polar surface area (TPSA) is 70.2 Å². The Morgan fingerprint density at radius 3 is 2.57 bits per heavy atom. The first-order valence-corrected chi connectivity index (χ1v) is 6.96. The number of amides is 1. The van der Waals surface area contributed by atoms with Crippen LogP contribution in [0.15, 0.2) is 42.9 Å². The van der Waals surface area contributed by atoms with Crippen LogP contribution in [0.25, 0.3) is 0 Å². The van der Waals surface area contributed by atoms with Gasteiger partial charge in [0.05, 0.1) is 6.20 Å². The third-order valence-corrected chi connectivity index (χ3v) is 3.40. The van der Waals surface area contributed by atoms with Crippen molar-refractivity contribution in [3.63, 3.8) is 0 Å². The Morgan fingerprint density at radius 1 is 1.14 bits per heavy atom. The van der Waals surface area contributed by atoms with Gasteiger partial charge in [0.15, 0.2) is 0 Å². The number of carbonyl (C=O) groups is 1. The van der Waals surface area contributed by atoms with Gasteiger partial charge in [-0.15, -0.1) is 0 Å². The van der Waals surface area contributed by atoms with E-state index in [-0.39, 0.29) is 5.91 Å². The van der Waals surface area contributed by atoms with Crippen molar-refractivity contribution in [3.05, 3.63) is 48.5 Å². The molecule has 1 aromatic carbocycles. The summed E-state index contributed by atoms with van der Waals surface area (Å²) in [6.45, 7) is 4.02. The van der Waals surface area contributed by atoms with Gasteiger partial charge in [-0.1, -0.05) is 0 Å². The van der Waals surface area contributed by atoms with Gasteiger partial charge in [-0.25, -0.2) is 4.98 Å². The summed E-state index contributed by atoms with van der Waals surface area (Å²) in [6.07, 6.45) is 4.49. The van der Waals surface area contributed by atoms with Crippen LogP contribution < -0.4 is 15.5 Å². The summed E-state index contributed by atoms with van der Waals surface area (Å²) in [7, 11) is 0. The minimum atomic E-state index is -0.252.